The molecule has 0 aromatic heterocycles. The van der Waals surface area contributed by atoms with Crippen molar-refractivity contribution in [3.63, 3.8) is 0 Å². The maximum atomic E-state index is 12.3. The molecule has 0 bridgehead atoms. The summed E-state index contributed by atoms with van der Waals surface area (Å²) in [5.41, 5.74) is 0.134. The van der Waals surface area contributed by atoms with Crippen LogP contribution >= 0.6 is 0 Å². The van der Waals surface area contributed by atoms with E-state index in [1.807, 2.05) is 0 Å². The van der Waals surface area contributed by atoms with Crippen LogP contribution in [0.25, 0.3) is 0 Å². The van der Waals surface area contributed by atoms with Gasteiger partial charge in [0.05, 0.1) is 4.90 Å². The van der Waals surface area contributed by atoms with E-state index >= 15 is 0 Å². The average Bonchev–Trinajstić information content (AvgIpc) is 3.28. The van der Waals surface area contributed by atoms with Crippen molar-refractivity contribution < 1.29 is 23.1 Å². The van der Waals surface area contributed by atoms with Crippen LogP contribution in [-0.4, -0.2) is 49.4 Å². The number of hydrogen-bond acceptors (Lipinski definition) is 4. The molecule has 22 heavy (non-hydrogen) atoms. The lowest BCUT2D eigenvalue weighted by atomic mass is 10.2. The Morgan fingerprint density at radius 1 is 1.36 bits per heavy atom. The summed E-state index contributed by atoms with van der Waals surface area (Å²) in [6.45, 7) is 1.38. The standard InChI is InChI=1S/C14H18N2O5S/c1-9(14(18)19)16(2)13(17)10-4-3-5-12(8-10)22(20,21)15-11-6-7-11/h3-5,8-9,11,15H,6-7H2,1-2H3,(H,18,19). The summed E-state index contributed by atoms with van der Waals surface area (Å²) in [4.78, 5) is 24.2. The maximum absolute atomic E-state index is 12.3. The smallest absolute Gasteiger partial charge is 0.326 e. The molecule has 2 rings (SSSR count). The van der Waals surface area contributed by atoms with Gasteiger partial charge in [-0.2, -0.15) is 0 Å². The predicted molar refractivity (Wildman–Crippen MR) is 79.0 cm³/mol. The summed E-state index contributed by atoms with van der Waals surface area (Å²) in [5.74, 6) is -1.67. The molecule has 0 aliphatic heterocycles. The summed E-state index contributed by atoms with van der Waals surface area (Å²) in [5, 5.41) is 8.94. The van der Waals surface area contributed by atoms with Crippen molar-refractivity contribution in [1.29, 1.82) is 0 Å². The zero-order chi connectivity index (χ0) is 16.5. The van der Waals surface area contributed by atoms with E-state index < -0.39 is 27.9 Å². The van der Waals surface area contributed by atoms with E-state index in [1.54, 1.807) is 0 Å². The highest BCUT2D eigenvalue weighted by Gasteiger charge is 2.29. The molecule has 1 amide bonds. The summed E-state index contributed by atoms with van der Waals surface area (Å²) in [6, 6.07) is 4.56. The minimum absolute atomic E-state index is 0.00151. The van der Waals surface area contributed by atoms with E-state index in [1.165, 1.54) is 38.2 Å². The Labute approximate surface area is 129 Å². The number of aliphatic carboxylic acids is 1. The highest BCUT2D eigenvalue weighted by atomic mass is 32.2. The van der Waals surface area contributed by atoms with Gasteiger partial charge in [0.2, 0.25) is 10.0 Å². The Balaban J connectivity index is 2.24. The van der Waals surface area contributed by atoms with Crippen LogP contribution in [0.4, 0.5) is 0 Å². The number of likely N-dealkylation sites (N-methyl/N-ethyl adjacent to an activating group) is 1. The second-order valence-corrected chi connectivity index (χ2v) is 7.07. The fourth-order valence-corrected chi connectivity index (χ4v) is 3.18. The highest BCUT2D eigenvalue weighted by Crippen LogP contribution is 2.22. The van der Waals surface area contributed by atoms with Crippen molar-refractivity contribution in [1.82, 2.24) is 9.62 Å². The fourth-order valence-electron chi connectivity index (χ4n) is 1.83. The summed E-state index contributed by atoms with van der Waals surface area (Å²) >= 11 is 0. The minimum atomic E-state index is -3.65. The number of carbonyl (C=O) groups excluding carboxylic acids is 1. The highest BCUT2D eigenvalue weighted by molar-refractivity contribution is 7.89. The van der Waals surface area contributed by atoms with Crippen LogP contribution in [0, 0.1) is 0 Å². The van der Waals surface area contributed by atoms with E-state index in [2.05, 4.69) is 4.72 Å². The molecule has 1 aromatic rings. The molecular weight excluding hydrogens is 308 g/mol. The van der Waals surface area contributed by atoms with Crippen molar-refractivity contribution in [2.24, 2.45) is 0 Å². The van der Waals surface area contributed by atoms with Crippen LogP contribution in [0.3, 0.4) is 0 Å². The van der Waals surface area contributed by atoms with Gasteiger partial charge in [-0.1, -0.05) is 6.07 Å². The molecular formula is C14H18N2O5S. The average molecular weight is 326 g/mol. The number of rotatable bonds is 6. The number of sulfonamides is 1. The second kappa shape index (κ2) is 6.05. The second-order valence-electron chi connectivity index (χ2n) is 5.35. The SMILES string of the molecule is CC(C(=O)O)N(C)C(=O)c1cccc(S(=O)(=O)NC2CC2)c1. The van der Waals surface area contributed by atoms with Gasteiger partial charge in [0, 0.05) is 18.7 Å². The zero-order valence-electron chi connectivity index (χ0n) is 12.3. The van der Waals surface area contributed by atoms with E-state index in [0.717, 1.165) is 17.7 Å². The van der Waals surface area contributed by atoms with Gasteiger partial charge >= 0.3 is 5.97 Å². The van der Waals surface area contributed by atoms with Gasteiger partial charge in [-0.05, 0) is 38.0 Å². The molecule has 0 radical (unpaired) electrons. The Kier molecular flexibility index (Phi) is 4.52. The van der Waals surface area contributed by atoms with Crippen molar-refractivity contribution in [3.05, 3.63) is 29.8 Å². The number of amides is 1. The number of benzene rings is 1. The number of nitrogens with zero attached hydrogens (tertiary/aromatic N) is 1. The Morgan fingerprint density at radius 2 is 2.00 bits per heavy atom. The number of carbonyl (C=O) groups is 2. The van der Waals surface area contributed by atoms with Gasteiger partial charge in [-0.25, -0.2) is 17.9 Å². The molecule has 2 N–H and O–H groups in total. The van der Waals surface area contributed by atoms with Gasteiger partial charge in [0.25, 0.3) is 5.91 Å². The molecule has 1 aliphatic carbocycles. The minimum Gasteiger partial charge on any atom is -0.480 e. The van der Waals surface area contributed by atoms with E-state index in [4.69, 9.17) is 5.11 Å². The number of carboxylic acids is 1. The molecule has 1 saturated carbocycles. The van der Waals surface area contributed by atoms with E-state index in [-0.39, 0.29) is 16.5 Å². The van der Waals surface area contributed by atoms with Crippen molar-refractivity contribution >= 4 is 21.9 Å². The topological polar surface area (TPSA) is 104 Å². The van der Waals surface area contributed by atoms with E-state index in [9.17, 15) is 18.0 Å². The Bertz CT molecular complexity index is 697. The third-order valence-corrected chi connectivity index (χ3v) is 5.07. The third kappa shape index (κ3) is 3.63. The summed E-state index contributed by atoms with van der Waals surface area (Å²) < 4.78 is 26.8. The molecule has 1 aromatic carbocycles. The summed E-state index contributed by atoms with van der Waals surface area (Å²) in [6.07, 6.45) is 1.63. The first-order valence-electron chi connectivity index (χ1n) is 6.85. The molecule has 120 valence electrons. The van der Waals surface area contributed by atoms with Crippen LogP contribution in [0.2, 0.25) is 0 Å². The van der Waals surface area contributed by atoms with Crippen molar-refractivity contribution in [3.8, 4) is 0 Å². The summed E-state index contributed by atoms with van der Waals surface area (Å²) in [7, 11) is -2.29. The normalized spacial score (nSPS) is 16.1. The van der Waals surface area contributed by atoms with Gasteiger partial charge in [0.1, 0.15) is 6.04 Å². The van der Waals surface area contributed by atoms with Crippen LogP contribution in [-0.2, 0) is 14.8 Å². The predicted octanol–water partition coefficient (Wildman–Crippen LogP) is 0.672. The first-order valence-corrected chi connectivity index (χ1v) is 8.33. The van der Waals surface area contributed by atoms with Gasteiger partial charge < -0.3 is 10.0 Å². The molecule has 0 heterocycles. The first-order chi connectivity index (χ1) is 10.2. The lowest BCUT2D eigenvalue weighted by Crippen LogP contribution is -2.40. The van der Waals surface area contributed by atoms with Crippen LogP contribution in [0.5, 0.6) is 0 Å². The van der Waals surface area contributed by atoms with Crippen LogP contribution in [0.15, 0.2) is 29.2 Å². The lowest BCUT2D eigenvalue weighted by molar-refractivity contribution is -0.141. The monoisotopic (exact) mass is 326 g/mol. The molecule has 1 aliphatic rings. The van der Waals surface area contributed by atoms with E-state index in [0.29, 0.717) is 0 Å². The maximum Gasteiger partial charge on any atom is 0.326 e. The van der Waals surface area contributed by atoms with Crippen molar-refractivity contribution in [2.75, 3.05) is 7.05 Å². The fraction of sp³-hybridized carbons (Fsp3) is 0.429. The number of nitrogens with one attached hydrogen (secondary N) is 1. The lowest BCUT2D eigenvalue weighted by Gasteiger charge is -2.21. The molecule has 8 heteroatoms. The van der Waals surface area contributed by atoms with Crippen LogP contribution in [0.1, 0.15) is 30.1 Å². The Morgan fingerprint density at radius 3 is 2.55 bits per heavy atom. The Hall–Kier alpha value is -1.93. The van der Waals surface area contributed by atoms with Gasteiger partial charge in [0.15, 0.2) is 0 Å². The number of hydrogen-bond donors (Lipinski definition) is 2. The van der Waals surface area contributed by atoms with Crippen LogP contribution < -0.4 is 4.72 Å². The van der Waals surface area contributed by atoms with Gasteiger partial charge in [-0.3, -0.25) is 4.79 Å². The van der Waals surface area contributed by atoms with Gasteiger partial charge in [-0.15, -0.1) is 0 Å². The molecule has 1 unspecified atom stereocenters. The largest absolute Gasteiger partial charge is 0.480 e. The molecule has 1 atom stereocenters. The molecule has 7 nitrogen and oxygen atoms in total. The molecule has 1 fully saturated rings. The number of carboxylic acid groups (broad SMARTS) is 1. The first kappa shape index (κ1) is 16.4. The molecule has 0 spiro atoms. The third-order valence-electron chi connectivity index (χ3n) is 3.55. The molecule has 0 saturated heterocycles. The van der Waals surface area contributed by atoms with Crippen molar-refractivity contribution in [2.45, 2.75) is 36.7 Å². The quantitative estimate of drug-likeness (QED) is 0.800. The zero-order valence-corrected chi connectivity index (χ0v) is 13.1.